The Balaban J connectivity index is 1.41. The van der Waals surface area contributed by atoms with Gasteiger partial charge in [-0.2, -0.15) is 4.99 Å². The summed E-state index contributed by atoms with van der Waals surface area (Å²) in [6, 6.07) is 12.0. The summed E-state index contributed by atoms with van der Waals surface area (Å²) < 4.78 is 3.05. The molecule has 8 heteroatoms. The van der Waals surface area contributed by atoms with E-state index in [-0.39, 0.29) is 17.3 Å². The molecule has 3 heterocycles. The highest BCUT2D eigenvalue weighted by molar-refractivity contribution is 7.99. The number of pyridine rings is 1. The third-order valence-electron chi connectivity index (χ3n) is 4.13. The Labute approximate surface area is 151 Å². The largest absolute Gasteiger partial charge is 0.355 e. The van der Waals surface area contributed by atoms with Crippen LogP contribution >= 0.6 is 11.8 Å². The summed E-state index contributed by atoms with van der Waals surface area (Å²) in [4.78, 5) is 17.6. The smallest absolute Gasteiger partial charge is 0.284 e. The molecule has 1 atom stereocenters. The fourth-order valence-corrected chi connectivity index (χ4v) is 4.62. The quantitative estimate of drug-likeness (QED) is 0.562. The molecule has 1 aliphatic heterocycles. The number of carbonyl (C=O) groups excluding carboxylic acids is 1. The molecule has 1 unspecified atom stereocenters. The zero-order chi connectivity index (χ0) is 16.8. The second kappa shape index (κ2) is 5.89. The molecule has 0 spiro atoms. The minimum absolute atomic E-state index is 0.124. The maximum absolute atomic E-state index is 11.9. The van der Waals surface area contributed by atoms with Crippen molar-refractivity contribution in [2.24, 2.45) is 10.9 Å². The Kier molecular flexibility index (Phi) is 3.53. The summed E-state index contributed by atoms with van der Waals surface area (Å²) in [5.74, 6) is 0.324. The van der Waals surface area contributed by atoms with Gasteiger partial charge in [0.15, 0.2) is 10.8 Å². The van der Waals surface area contributed by atoms with Crippen molar-refractivity contribution in [1.29, 1.82) is 0 Å². The number of nitrogens with one attached hydrogen (secondary N) is 1. The first kappa shape index (κ1) is 15.0. The zero-order valence-electron chi connectivity index (χ0n) is 13.1. The molecule has 1 aliphatic carbocycles. The first-order chi connectivity index (χ1) is 12.3. The van der Waals surface area contributed by atoms with Gasteiger partial charge in [-0.15, -0.1) is 10.2 Å². The van der Waals surface area contributed by atoms with Gasteiger partial charge in [-0.1, -0.05) is 6.07 Å². The maximum Gasteiger partial charge on any atom is 0.355 e. The summed E-state index contributed by atoms with van der Waals surface area (Å²) in [6.45, 7) is 0. The van der Waals surface area contributed by atoms with Crippen molar-refractivity contribution < 1.29 is 4.79 Å². The van der Waals surface area contributed by atoms with E-state index < -0.39 is 0 Å². The molecule has 0 saturated heterocycles. The van der Waals surface area contributed by atoms with Crippen molar-refractivity contribution in [2.45, 2.75) is 28.4 Å². The Morgan fingerprint density at radius 2 is 2.16 bits per heavy atom. The van der Waals surface area contributed by atoms with E-state index in [0.717, 1.165) is 38.4 Å². The van der Waals surface area contributed by atoms with E-state index in [4.69, 9.17) is 0 Å². The van der Waals surface area contributed by atoms with E-state index in [2.05, 4.69) is 26.6 Å². The number of hydrogen-bond acceptors (Lipinski definition) is 5. The molecule has 5 rings (SSSR count). The second-order valence-electron chi connectivity index (χ2n) is 6.03. The summed E-state index contributed by atoms with van der Waals surface area (Å²) in [6.07, 6.45) is 3.96. The van der Waals surface area contributed by atoms with Gasteiger partial charge in [0.05, 0.1) is 0 Å². The van der Waals surface area contributed by atoms with Crippen LogP contribution in [-0.2, 0) is 16.1 Å². The normalized spacial score (nSPS) is 18.5. The SMILES string of the molecule is O=C(NC1N=c2ccc(Sc3nnc4ccccn34)cc2=[S+]1)C1CC1. The van der Waals surface area contributed by atoms with Gasteiger partial charge >= 0.3 is 5.50 Å². The van der Waals surface area contributed by atoms with Gasteiger partial charge in [0.2, 0.25) is 17.3 Å². The highest BCUT2D eigenvalue weighted by Crippen LogP contribution is 2.29. The lowest BCUT2D eigenvalue weighted by Crippen LogP contribution is -2.33. The van der Waals surface area contributed by atoms with Gasteiger partial charge in [-0.05, 0) is 48.9 Å². The van der Waals surface area contributed by atoms with E-state index in [1.165, 1.54) is 0 Å². The van der Waals surface area contributed by atoms with Gasteiger partial charge < -0.3 is 0 Å². The predicted octanol–water partition coefficient (Wildman–Crippen LogP) is 1.66. The molecule has 25 heavy (non-hydrogen) atoms. The standard InChI is InChI=1S/C17H13N5OS2/c23-15(10-4-5-10)19-16-18-12-7-6-11(9-13(12)25-16)24-17-21-20-14-3-1-2-8-22(14)17/h1-3,6-10,16H,4-5H2/p+1. The Bertz CT molecular complexity index is 1110. The van der Waals surface area contributed by atoms with Crippen molar-refractivity contribution in [3.05, 3.63) is 52.5 Å². The molecule has 2 aliphatic rings. The molecular formula is C17H14N5OS2+. The third-order valence-corrected chi connectivity index (χ3v) is 6.11. The summed E-state index contributed by atoms with van der Waals surface area (Å²) in [7, 11) is 0. The number of amides is 1. The second-order valence-corrected chi connectivity index (χ2v) is 8.19. The van der Waals surface area contributed by atoms with Crippen LogP contribution in [0.3, 0.4) is 0 Å². The lowest BCUT2D eigenvalue weighted by molar-refractivity contribution is -0.122. The monoisotopic (exact) mass is 368 g/mol. The number of nitrogens with zero attached hydrogens (tertiary/aromatic N) is 4. The molecule has 1 aromatic carbocycles. The minimum Gasteiger partial charge on any atom is -0.284 e. The topological polar surface area (TPSA) is 71.7 Å². The minimum atomic E-state index is -0.211. The lowest BCUT2D eigenvalue weighted by atomic mass is 10.3. The summed E-state index contributed by atoms with van der Waals surface area (Å²) in [5.41, 5.74) is 0.621. The number of fused-ring (bicyclic) bond motifs is 2. The van der Waals surface area contributed by atoms with Crippen molar-refractivity contribution in [2.75, 3.05) is 0 Å². The number of rotatable bonds is 4. The van der Waals surface area contributed by atoms with Crippen molar-refractivity contribution in [1.82, 2.24) is 19.9 Å². The molecule has 0 bridgehead atoms. The number of aromatic nitrogens is 3. The van der Waals surface area contributed by atoms with Gasteiger partial charge in [-0.3, -0.25) is 14.5 Å². The molecule has 0 radical (unpaired) electrons. The molecule has 1 N–H and O–H groups in total. The van der Waals surface area contributed by atoms with Crippen LogP contribution in [0.15, 0.2) is 57.6 Å². The summed E-state index contributed by atoms with van der Waals surface area (Å²) in [5, 5.41) is 13.2. The van der Waals surface area contributed by atoms with Crippen LogP contribution in [0.25, 0.3) is 5.65 Å². The summed E-state index contributed by atoms with van der Waals surface area (Å²) >= 11 is 3.15. The van der Waals surface area contributed by atoms with E-state index in [0.29, 0.717) is 0 Å². The average molecular weight is 368 g/mol. The molecule has 1 fully saturated rings. The van der Waals surface area contributed by atoms with Gasteiger partial charge in [0.1, 0.15) is 5.36 Å². The molecule has 124 valence electrons. The Morgan fingerprint density at radius 1 is 1.24 bits per heavy atom. The fraction of sp³-hybridized carbons (Fsp3) is 0.235. The van der Waals surface area contributed by atoms with Crippen LogP contribution in [0, 0.1) is 10.4 Å². The molecule has 6 nitrogen and oxygen atoms in total. The molecule has 1 amide bonds. The van der Waals surface area contributed by atoms with Crippen molar-refractivity contribution in [3.8, 4) is 0 Å². The van der Waals surface area contributed by atoms with E-state index in [1.807, 2.05) is 40.9 Å². The molecule has 3 aromatic rings. The first-order valence-electron chi connectivity index (χ1n) is 8.06. The van der Waals surface area contributed by atoms with Crippen LogP contribution in [0.2, 0.25) is 0 Å². The third kappa shape index (κ3) is 2.91. The van der Waals surface area contributed by atoms with Gasteiger partial charge in [0, 0.05) is 23.1 Å². The van der Waals surface area contributed by atoms with Gasteiger partial charge in [0.25, 0.3) is 4.51 Å². The molecular weight excluding hydrogens is 354 g/mol. The van der Waals surface area contributed by atoms with Crippen LogP contribution in [0.5, 0.6) is 0 Å². The molecule has 2 aromatic heterocycles. The number of carbonyl (C=O) groups is 1. The van der Waals surface area contributed by atoms with Crippen LogP contribution in [0.4, 0.5) is 0 Å². The van der Waals surface area contributed by atoms with E-state index in [1.54, 1.807) is 23.1 Å². The highest BCUT2D eigenvalue weighted by Gasteiger charge is 2.34. The van der Waals surface area contributed by atoms with E-state index >= 15 is 0 Å². The van der Waals surface area contributed by atoms with Crippen molar-refractivity contribution >= 4 is 34.7 Å². The van der Waals surface area contributed by atoms with Gasteiger partial charge in [-0.25, -0.2) is 0 Å². The maximum atomic E-state index is 11.9. The van der Waals surface area contributed by atoms with Crippen LogP contribution in [-0.4, -0.2) is 26.0 Å². The predicted molar refractivity (Wildman–Crippen MR) is 95.6 cm³/mol. The first-order valence-corrected chi connectivity index (χ1v) is 9.75. The van der Waals surface area contributed by atoms with Crippen LogP contribution in [0.1, 0.15) is 12.8 Å². The zero-order valence-corrected chi connectivity index (χ0v) is 14.8. The highest BCUT2D eigenvalue weighted by atomic mass is 32.2. The Morgan fingerprint density at radius 3 is 3.04 bits per heavy atom. The Hall–Kier alpha value is -2.32. The number of benzene rings is 1. The number of hydrogen-bond donors (Lipinski definition) is 1. The van der Waals surface area contributed by atoms with E-state index in [9.17, 15) is 4.79 Å². The average Bonchev–Trinajstić information content (AvgIpc) is 3.29. The lowest BCUT2D eigenvalue weighted by Gasteiger charge is -1.98. The van der Waals surface area contributed by atoms with Crippen molar-refractivity contribution in [3.63, 3.8) is 0 Å². The fourth-order valence-electron chi connectivity index (χ4n) is 2.67. The molecule has 1 saturated carbocycles. The van der Waals surface area contributed by atoms with Crippen LogP contribution < -0.4 is 10.7 Å².